The minimum absolute atomic E-state index is 0.222. The van der Waals surface area contributed by atoms with Crippen molar-refractivity contribution < 1.29 is 9.90 Å². The molecule has 0 spiro atoms. The Morgan fingerprint density at radius 1 is 1.26 bits per heavy atom. The number of carbonyl (C=O) groups excluding carboxylic acids is 1. The number of aliphatic hydroxyl groups excluding tert-OH is 1. The van der Waals surface area contributed by atoms with Gasteiger partial charge in [-0.2, -0.15) is 0 Å². The third kappa shape index (κ3) is 3.93. The summed E-state index contributed by atoms with van der Waals surface area (Å²) >= 11 is 0. The number of aliphatic hydroxyl groups is 1. The molecule has 1 heterocycles. The highest BCUT2D eigenvalue weighted by Crippen LogP contribution is 2.31. The van der Waals surface area contributed by atoms with Gasteiger partial charge < -0.3 is 15.7 Å². The third-order valence-corrected chi connectivity index (χ3v) is 4.75. The standard InChI is InChI=1S/C15H28N2O2/c16-15(8-2-1-3-9-15)12-14(19)17-10-4-6-13(17)7-5-11-18/h13,18H,1-12,16H2. The number of hydrogen-bond acceptors (Lipinski definition) is 3. The van der Waals surface area contributed by atoms with Crippen molar-refractivity contribution in [3.63, 3.8) is 0 Å². The number of nitrogens with zero attached hydrogens (tertiary/aromatic N) is 1. The second-order valence-electron chi connectivity index (χ2n) is 6.35. The van der Waals surface area contributed by atoms with Crippen LogP contribution >= 0.6 is 0 Å². The molecule has 1 aliphatic heterocycles. The minimum Gasteiger partial charge on any atom is -0.396 e. The molecule has 2 aliphatic rings. The number of amides is 1. The van der Waals surface area contributed by atoms with Crippen LogP contribution in [0.3, 0.4) is 0 Å². The zero-order valence-electron chi connectivity index (χ0n) is 11.9. The maximum absolute atomic E-state index is 12.5. The Morgan fingerprint density at radius 2 is 2.00 bits per heavy atom. The van der Waals surface area contributed by atoms with Crippen LogP contribution in [-0.4, -0.2) is 40.6 Å². The topological polar surface area (TPSA) is 66.6 Å². The van der Waals surface area contributed by atoms with Gasteiger partial charge in [0.15, 0.2) is 0 Å². The molecular weight excluding hydrogens is 240 g/mol. The van der Waals surface area contributed by atoms with E-state index in [4.69, 9.17) is 10.8 Å². The smallest absolute Gasteiger partial charge is 0.224 e. The molecule has 4 heteroatoms. The van der Waals surface area contributed by atoms with Crippen molar-refractivity contribution in [1.29, 1.82) is 0 Å². The summed E-state index contributed by atoms with van der Waals surface area (Å²) in [6, 6.07) is 0.340. The maximum atomic E-state index is 12.5. The molecule has 1 saturated heterocycles. The van der Waals surface area contributed by atoms with Gasteiger partial charge in [0.2, 0.25) is 5.91 Å². The molecule has 110 valence electrons. The molecule has 1 aliphatic carbocycles. The number of hydrogen-bond donors (Lipinski definition) is 2. The summed E-state index contributed by atoms with van der Waals surface area (Å²) in [5.41, 5.74) is 6.14. The van der Waals surface area contributed by atoms with E-state index in [0.29, 0.717) is 12.5 Å². The summed E-state index contributed by atoms with van der Waals surface area (Å²) in [5.74, 6) is 0.241. The summed E-state index contributed by atoms with van der Waals surface area (Å²) in [6.07, 6.45) is 10.0. The van der Waals surface area contributed by atoms with Gasteiger partial charge in [-0.1, -0.05) is 19.3 Å². The highest BCUT2D eigenvalue weighted by atomic mass is 16.3. The molecule has 3 N–H and O–H groups in total. The van der Waals surface area contributed by atoms with Crippen LogP contribution in [0, 0.1) is 0 Å². The quantitative estimate of drug-likeness (QED) is 0.799. The first-order valence-electron chi connectivity index (χ1n) is 7.84. The van der Waals surface area contributed by atoms with Gasteiger partial charge in [-0.3, -0.25) is 4.79 Å². The van der Waals surface area contributed by atoms with E-state index in [1.807, 2.05) is 4.90 Å². The Balaban J connectivity index is 1.87. The van der Waals surface area contributed by atoms with Crippen molar-refractivity contribution in [3.8, 4) is 0 Å². The Bertz CT molecular complexity index is 301. The summed E-state index contributed by atoms with van der Waals surface area (Å²) in [5, 5.41) is 8.93. The van der Waals surface area contributed by atoms with Crippen molar-refractivity contribution in [2.24, 2.45) is 5.73 Å². The van der Waals surface area contributed by atoms with E-state index >= 15 is 0 Å². The Hall–Kier alpha value is -0.610. The third-order valence-electron chi connectivity index (χ3n) is 4.75. The highest BCUT2D eigenvalue weighted by molar-refractivity contribution is 5.78. The lowest BCUT2D eigenvalue weighted by molar-refractivity contribution is -0.133. The number of carbonyl (C=O) groups is 1. The molecule has 0 aromatic heterocycles. The van der Waals surface area contributed by atoms with Crippen molar-refractivity contribution in [2.45, 2.75) is 75.8 Å². The number of likely N-dealkylation sites (tertiary alicyclic amines) is 1. The molecule has 19 heavy (non-hydrogen) atoms. The fourth-order valence-electron chi connectivity index (χ4n) is 3.63. The van der Waals surface area contributed by atoms with Gasteiger partial charge in [0.05, 0.1) is 0 Å². The van der Waals surface area contributed by atoms with Crippen molar-refractivity contribution in [2.75, 3.05) is 13.2 Å². The zero-order chi connectivity index (χ0) is 13.7. The minimum atomic E-state index is -0.251. The van der Waals surface area contributed by atoms with Crippen LogP contribution in [0.1, 0.15) is 64.2 Å². The maximum Gasteiger partial charge on any atom is 0.224 e. The van der Waals surface area contributed by atoms with E-state index in [9.17, 15) is 4.79 Å². The molecule has 0 radical (unpaired) electrons. The van der Waals surface area contributed by atoms with Crippen LogP contribution in [-0.2, 0) is 4.79 Å². The first-order valence-corrected chi connectivity index (χ1v) is 7.84. The van der Waals surface area contributed by atoms with Crippen LogP contribution in [0.4, 0.5) is 0 Å². The molecule has 1 atom stereocenters. The Morgan fingerprint density at radius 3 is 2.68 bits per heavy atom. The van der Waals surface area contributed by atoms with Crippen LogP contribution in [0.25, 0.3) is 0 Å². The molecule has 1 unspecified atom stereocenters. The fraction of sp³-hybridized carbons (Fsp3) is 0.933. The largest absolute Gasteiger partial charge is 0.396 e. The molecule has 1 amide bonds. The number of rotatable bonds is 5. The van der Waals surface area contributed by atoms with E-state index in [2.05, 4.69) is 0 Å². The Labute approximate surface area is 116 Å². The summed E-state index contributed by atoms with van der Waals surface area (Å²) in [6.45, 7) is 1.10. The average Bonchev–Trinajstić information content (AvgIpc) is 2.85. The monoisotopic (exact) mass is 268 g/mol. The van der Waals surface area contributed by atoms with E-state index in [1.54, 1.807) is 0 Å². The van der Waals surface area contributed by atoms with Crippen LogP contribution < -0.4 is 5.73 Å². The van der Waals surface area contributed by atoms with Gasteiger partial charge in [0.25, 0.3) is 0 Å². The van der Waals surface area contributed by atoms with Crippen LogP contribution in [0.5, 0.6) is 0 Å². The molecule has 2 rings (SSSR count). The van der Waals surface area contributed by atoms with Gasteiger partial charge >= 0.3 is 0 Å². The molecule has 0 aromatic carbocycles. The van der Waals surface area contributed by atoms with Crippen molar-refractivity contribution >= 4 is 5.91 Å². The fourth-order valence-corrected chi connectivity index (χ4v) is 3.63. The normalized spacial score (nSPS) is 26.6. The lowest BCUT2D eigenvalue weighted by atomic mass is 9.80. The van der Waals surface area contributed by atoms with E-state index in [1.165, 1.54) is 6.42 Å². The predicted octanol–water partition coefficient (Wildman–Crippen LogP) is 1.80. The summed E-state index contributed by atoms with van der Waals surface area (Å²) in [4.78, 5) is 14.5. The number of nitrogens with two attached hydrogens (primary N) is 1. The first-order chi connectivity index (χ1) is 9.14. The van der Waals surface area contributed by atoms with E-state index in [-0.39, 0.29) is 18.1 Å². The van der Waals surface area contributed by atoms with Gasteiger partial charge in [0.1, 0.15) is 0 Å². The lowest BCUT2D eigenvalue weighted by Crippen LogP contribution is -2.48. The van der Waals surface area contributed by atoms with Crippen LogP contribution in [0.15, 0.2) is 0 Å². The van der Waals surface area contributed by atoms with Gasteiger partial charge in [-0.25, -0.2) is 0 Å². The predicted molar refractivity (Wildman–Crippen MR) is 75.7 cm³/mol. The lowest BCUT2D eigenvalue weighted by Gasteiger charge is -2.35. The zero-order valence-corrected chi connectivity index (χ0v) is 11.9. The summed E-state index contributed by atoms with van der Waals surface area (Å²) in [7, 11) is 0. The summed E-state index contributed by atoms with van der Waals surface area (Å²) < 4.78 is 0. The first kappa shape index (κ1) is 14.8. The second kappa shape index (κ2) is 6.71. The van der Waals surface area contributed by atoms with E-state index < -0.39 is 0 Å². The second-order valence-corrected chi connectivity index (χ2v) is 6.35. The Kier molecular flexibility index (Phi) is 5.22. The van der Waals surface area contributed by atoms with Crippen molar-refractivity contribution in [3.05, 3.63) is 0 Å². The molecule has 4 nitrogen and oxygen atoms in total. The highest BCUT2D eigenvalue weighted by Gasteiger charge is 2.35. The average molecular weight is 268 g/mol. The van der Waals surface area contributed by atoms with Gasteiger partial charge in [-0.15, -0.1) is 0 Å². The molecule has 0 aromatic rings. The van der Waals surface area contributed by atoms with Crippen LogP contribution in [0.2, 0.25) is 0 Å². The van der Waals surface area contributed by atoms with E-state index in [0.717, 1.165) is 57.9 Å². The van der Waals surface area contributed by atoms with Crippen molar-refractivity contribution in [1.82, 2.24) is 4.90 Å². The van der Waals surface area contributed by atoms with Gasteiger partial charge in [0, 0.05) is 31.2 Å². The molecular formula is C15H28N2O2. The van der Waals surface area contributed by atoms with Gasteiger partial charge in [-0.05, 0) is 38.5 Å². The molecule has 2 fully saturated rings. The molecule has 1 saturated carbocycles. The molecule has 0 bridgehead atoms. The SMILES string of the molecule is NC1(CC(=O)N2CCCC2CCCO)CCCCC1.